The van der Waals surface area contributed by atoms with Gasteiger partial charge in [-0.25, -0.2) is 23.1 Å². The number of carbonyl (C=O) groups excluding carboxylic acids is 1. The van der Waals surface area contributed by atoms with Crippen LogP contribution in [0.3, 0.4) is 0 Å². The molecular weight excluding hydrogens is 551 g/mol. The van der Waals surface area contributed by atoms with Gasteiger partial charge >= 0.3 is 0 Å². The molecule has 0 bridgehead atoms. The summed E-state index contributed by atoms with van der Waals surface area (Å²) in [6.07, 6.45) is 1.09. The number of aromatic nitrogens is 3. The second-order valence-electron chi connectivity index (χ2n) is 10.9. The Morgan fingerprint density at radius 3 is 2.48 bits per heavy atom. The van der Waals surface area contributed by atoms with Crippen molar-refractivity contribution in [1.29, 1.82) is 0 Å². The van der Waals surface area contributed by atoms with Crippen LogP contribution in [0.4, 0.5) is 30.5 Å². The molecule has 1 N–H and O–H groups in total. The maximum Gasteiger partial charge on any atom is 0.264 e. The number of carbonyl (C=O) groups is 1. The first-order valence-corrected chi connectivity index (χ1v) is 13.8. The van der Waals surface area contributed by atoms with Gasteiger partial charge in [0, 0.05) is 80.6 Å². The minimum Gasteiger partial charge on any atom is -0.377 e. The largest absolute Gasteiger partial charge is 0.377 e. The van der Waals surface area contributed by atoms with Gasteiger partial charge in [-0.3, -0.25) is 9.59 Å². The third-order valence-corrected chi connectivity index (χ3v) is 7.95. The van der Waals surface area contributed by atoms with Gasteiger partial charge < -0.3 is 29.3 Å². The Balaban J connectivity index is 1.53. The van der Waals surface area contributed by atoms with Crippen molar-refractivity contribution in [3.63, 3.8) is 0 Å². The average Bonchev–Trinajstić information content (AvgIpc) is 2.96. The van der Waals surface area contributed by atoms with Crippen LogP contribution in [-0.2, 0) is 11.8 Å². The monoisotopic (exact) mass is 585 g/mol. The number of amides is 1. The molecule has 2 fully saturated rings. The number of nitrogens with zero attached hydrogens (tertiary/aromatic N) is 6. The molecule has 5 rings (SSSR count). The Morgan fingerprint density at radius 2 is 1.81 bits per heavy atom. The van der Waals surface area contributed by atoms with E-state index < -0.39 is 29.3 Å². The Bertz CT molecular complexity index is 1520. The summed E-state index contributed by atoms with van der Waals surface area (Å²) >= 11 is 0. The van der Waals surface area contributed by atoms with Crippen LogP contribution in [0, 0.1) is 5.82 Å². The summed E-state index contributed by atoms with van der Waals surface area (Å²) in [7, 11) is 3.38. The van der Waals surface area contributed by atoms with Gasteiger partial charge in [0.05, 0.1) is 36.2 Å². The Labute approximate surface area is 241 Å². The van der Waals surface area contributed by atoms with Crippen molar-refractivity contribution in [2.24, 2.45) is 7.05 Å². The highest BCUT2D eigenvalue weighted by molar-refractivity contribution is 6.07. The van der Waals surface area contributed by atoms with E-state index in [0.717, 1.165) is 16.8 Å². The molecule has 42 heavy (non-hydrogen) atoms. The molecule has 1 aromatic carbocycles. The summed E-state index contributed by atoms with van der Waals surface area (Å²) in [6, 6.07) is 3.82. The van der Waals surface area contributed by atoms with E-state index in [1.54, 1.807) is 0 Å². The Hall–Kier alpha value is -3.97. The first-order chi connectivity index (χ1) is 20.0. The van der Waals surface area contributed by atoms with E-state index in [2.05, 4.69) is 20.2 Å². The fourth-order valence-electron chi connectivity index (χ4n) is 5.25. The zero-order chi connectivity index (χ0) is 30.1. The van der Waals surface area contributed by atoms with E-state index >= 15 is 4.39 Å². The third-order valence-electron chi connectivity index (χ3n) is 7.95. The SMILES string of the molecule is C[C@@H]1CN(c2cc(F)c(-c3cnc(N4CCOC[C@H]4C)nc3)cc2NC(=O)c2cn(C)c(=O)cc2C(F)F)CCN1C. The molecule has 13 heteroatoms. The van der Waals surface area contributed by atoms with Crippen molar-refractivity contribution in [3.8, 4) is 11.1 Å². The summed E-state index contributed by atoms with van der Waals surface area (Å²) in [5.74, 6) is -0.878. The average molecular weight is 586 g/mol. The number of hydrogen-bond acceptors (Lipinski definition) is 8. The van der Waals surface area contributed by atoms with Crippen LogP contribution in [0.2, 0.25) is 0 Å². The van der Waals surface area contributed by atoms with Crippen LogP contribution < -0.4 is 20.7 Å². The molecule has 4 heterocycles. The van der Waals surface area contributed by atoms with Crippen molar-refractivity contribution in [2.45, 2.75) is 32.4 Å². The number of rotatable bonds is 6. The number of benzene rings is 1. The minimum atomic E-state index is -3.04. The van der Waals surface area contributed by atoms with Gasteiger partial charge in [-0.2, -0.15) is 0 Å². The normalized spacial score (nSPS) is 19.8. The van der Waals surface area contributed by atoms with Gasteiger partial charge in [0.1, 0.15) is 5.82 Å². The smallest absolute Gasteiger partial charge is 0.264 e. The van der Waals surface area contributed by atoms with Crippen LogP contribution in [-0.4, -0.2) is 83.9 Å². The Morgan fingerprint density at radius 1 is 1.07 bits per heavy atom. The molecule has 0 spiro atoms. The van der Waals surface area contributed by atoms with Crippen molar-refractivity contribution < 1.29 is 22.7 Å². The first-order valence-electron chi connectivity index (χ1n) is 13.8. The van der Waals surface area contributed by atoms with Gasteiger partial charge in [-0.15, -0.1) is 0 Å². The standard InChI is InChI=1S/C29H34F3N7O3/c1-17-14-38(6-5-36(17)3)25-11-23(30)20(19-12-33-29(34-13-19)39-7-8-42-16-18(39)2)9-24(25)35-28(41)22-15-37(4)26(40)10-21(22)27(31)32/h9-13,15,17-18,27H,5-8,14,16H2,1-4H3,(H,35,41)/t17-,18-/m1/s1. The minimum absolute atomic E-state index is 0.0871. The zero-order valence-corrected chi connectivity index (χ0v) is 24.0. The van der Waals surface area contributed by atoms with Crippen LogP contribution in [0.1, 0.15) is 36.2 Å². The Kier molecular flexibility index (Phi) is 8.50. The third kappa shape index (κ3) is 5.97. The number of anilines is 3. The molecule has 0 radical (unpaired) electrons. The van der Waals surface area contributed by atoms with Crippen molar-refractivity contribution >= 4 is 23.2 Å². The van der Waals surface area contributed by atoms with Gasteiger partial charge in [-0.05, 0) is 33.0 Å². The lowest BCUT2D eigenvalue weighted by molar-refractivity contribution is 0.0981. The molecule has 2 aliphatic rings. The van der Waals surface area contributed by atoms with E-state index in [1.165, 1.54) is 31.6 Å². The summed E-state index contributed by atoms with van der Waals surface area (Å²) in [6.45, 7) is 7.64. The fraction of sp³-hybridized carbons (Fsp3) is 0.448. The molecule has 3 aromatic rings. The quantitative estimate of drug-likeness (QED) is 0.470. The number of halogens is 3. The molecule has 224 valence electrons. The molecule has 2 aliphatic heterocycles. The second-order valence-corrected chi connectivity index (χ2v) is 10.9. The number of pyridine rings is 1. The molecule has 10 nitrogen and oxygen atoms in total. The van der Waals surface area contributed by atoms with Crippen LogP contribution >= 0.6 is 0 Å². The lowest BCUT2D eigenvalue weighted by Gasteiger charge is -2.39. The number of hydrogen-bond donors (Lipinski definition) is 1. The molecule has 0 aliphatic carbocycles. The number of likely N-dealkylation sites (N-methyl/N-ethyl adjacent to an activating group) is 1. The molecule has 2 saturated heterocycles. The van der Waals surface area contributed by atoms with Crippen LogP contribution in [0.15, 0.2) is 41.6 Å². The van der Waals surface area contributed by atoms with E-state index in [4.69, 9.17) is 4.74 Å². The maximum atomic E-state index is 15.7. The highest BCUT2D eigenvalue weighted by Crippen LogP contribution is 2.36. The lowest BCUT2D eigenvalue weighted by atomic mass is 10.0. The predicted molar refractivity (Wildman–Crippen MR) is 154 cm³/mol. The second kappa shape index (κ2) is 12.1. The predicted octanol–water partition coefficient (Wildman–Crippen LogP) is 3.54. The van der Waals surface area contributed by atoms with Crippen molar-refractivity contribution in [1.82, 2.24) is 19.4 Å². The fourth-order valence-corrected chi connectivity index (χ4v) is 5.25. The molecule has 0 saturated carbocycles. The van der Waals surface area contributed by atoms with Crippen molar-refractivity contribution in [3.05, 3.63) is 64.1 Å². The molecule has 1 amide bonds. The summed E-state index contributed by atoms with van der Waals surface area (Å²) in [4.78, 5) is 40.5. The number of piperazine rings is 1. The summed E-state index contributed by atoms with van der Waals surface area (Å²) < 4.78 is 49.9. The van der Waals surface area contributed by atoms with Crippen molar-refractivity contribution in [2.75, 3.05) is 61.6 Å². The molecule has 2 aromatic heterocycles. The summed E-state index contributed by atoms with van der Waals surface area (Å²) in [5, 5.41) is 2.73. The topological polar surface area (TPSA) is 95.8 Å². The number of ether oxygens (including phenoxy) is 1. The van der Waals surface area contributed by atoms with Gasteiger partial charge in [0.15, 0.2) is 0 Å². The van der Waals surface area contributed by atoms with Gasteiger partial charge in [-0.1, -0.05) is 0 Å². The van der Waals surface area contributed by atoms with E-state index in [9.17, 15) is 18.4 Å². The molecular formula is C29H34F3N7O3. The van der Waals surface area contributed by atoms with E-state index in [1.807, 2.05) is 30.7 Å². The summed E-state index contributed by atoms with van der Waals surface area (Å²) in [5.41, 5.74) is -0.473. The number of nitrogens with one attached hydrogen (secondary N) is 1. The van der Waals surface area contributed by atoms with Crippen LogP contribution in [0.25, 0.3) is 11.1 Å². The van der Waals surface area contributed by atoms with Gasteiger partial charge in [0.2, 0.25) is 5.95 Å². The van der Waals surface area contributed by atoms with Crippen LogP contribution in [0.5, 0.6) is 0 Å². The maximum absolute atomic E-state index is 15.7. The first kappa shape index (κ1) is 29.5. The van der Waals surface area contributed by atoms with E-state index in [-0.39, 0.29) is 28.9 Å². The van der Waals surface area contributed by atoms with Gasteiger partial charge in [0.25, 0.3) is 17.9 Å². The molecule has 2 atom stereocenters. The number of alkyl halides is 2. The number of morpholine rings is 1. The zero-order valence-electron chi connectivity index (χ0n) is 24.0. The molecule has 0 unspecified atom stereocenters. The lowest BCUT2D eigenvalue weighted by Crippen LogP contribution is -2.50. The number of aryl methyl sites for hydroxylation is 1. The highest BCUT2D eigenvalue weighted by Gasteiger charge is 2.27. The highest BCUT2D eigenvalue weighted by atomic mass is 19.3. The van der Waals surface area contributed by atoms with E-state index in [0.29, 0.717) is 56.6 Å².